The maximum atomic E-state index is 12.1. The fourth-order valence-corrected chi connectivity index (χ4v) is 3.97. The zero-order valence-corrected chi connectivity index (χ0v) is 13.9. The van der Waals surface area contributed by atoms with Crippen molar-refractivity contribution in [2.24, 2.45) is 0 Å². The molecular weight excluding hydrogens is 346 g/mol. The Bertz CT molecular complexity index is 901. The van der Waals surface area contributed by atoms with Crippen LogP contribution in [0.25, 0.3) is 4.96 Å². The van der Waals surface area contributed by atoms with Gasteiger partial charge in [-0.15, -0.1) is 10.2 Å². The van der Waals surface area contributed by atoms with Gasteiger partial charge in [-0.25, -0.2) is 13.1 Å². The van der Waals surface area contributed by atoms with Crippen LogP contribution in [0.4, 0.5) is 0 Å². The summed E-state index contributed by atoms with van der Waals surface area (Å²) in [6.07, 6.45) is 0. The number of benzene rings is 1. The molecule has 10 heteroatoms. The van der Waals surface area contributed by atoms with Crippen LogP contribution in [0.1, 0.15) is 16.4 Å². The summed E-state index contributed by atoms with van der Waals surface area (Å²) in [5, 5.41) is 13.3. The summed E-state index contributed by atoms with van der Waals surface area (Å²) in [4.78, 5) is 0.643. The normalized spacial score (nSPS) is 12.1. The average molecular weight is 358 g/mol. The zero-order chi connectivity index (χ0) is 15.7. The second-order valence-electron chi connectivity index (χ2n) is 4.64. The van der Waals surface area contributed by atoms with Crippen molar-refractivity contribution in [1.29, 1.82) is 0 Å². The Kier molecular flexibility index (Phi) is 4.13. The third kappa shape index (κ3) is 3.43. The van der Waals surface area contributed by atoms with Gasteiger partial charge in [0.2, 0.25) is 15.0 Å². The SMILES string of the molecule is Cc1nnc2sc(CNS(=O)(=O)Cc3ccc(Cl)cc3)nn12. The van der Waals surface area contributed by atoms with Crippen molar-refractivity contribution < 1.29 is 8.42 Å². The van der Waals surface area contributed by atoms with Crippen molar-refractivity contribution >= 4 is 37.9 Å². The molecule has 1 aromatic carbocycles. The molecule has 2 heterocycles. The Labute approximate surface area is 136 Å². The first-order valence-corrected chi connectivity index (χ1v) is 9.17. The fourth-order valence-electron chi connectivity index (χ4n) is 1.85. The fraction of sp³-hybridized carbons (Fsp3) is 0.250. The Morgan fingerprint density at radius 3 is 2.68 bits per heavy atom. The summed E-state index contributed by atoms with van der Waals surface area (Å²) in [5.41, 5.74) is 0.672. The summed E-state index contributed by atoms with van der Waals surface area (Å²) in [6, 6.07) is 6.71. The van der Waals surface area contributed by atoms with E-state index in [0.29, 0.717) is 26.4 Å². The van der Waals surface area contributed by atoms with E-state index in [9.17, 15) is 8.42 Å². The minimum absolute atomic E-state index is 0.104. The van der Waals surface area contributed by atoms with Crippen molar-refractivity contribution in [3.8, 4) is 0 Å². The molecule has 0 bridgehead atoms. The minimum Gasteiger partial charge on any atom is -0.212 e. The second-order valence-corrected chi connectivity index (χ2v) is 7.93. The minimum atomic E-state index is -3.45. The van der Waals surface area contributed by atoms with Gasteiger partial charge in [0.15, 0.2) is 5.82 Å². The summed E-state index contributed by atoms with van der Waals surface area (Å²) in [7, 11) is -3.45. The lowest BCUT2D eigenvalue weighted by molar-refractivity contribution is 0.579. The van der Waals surface area contributed by atoms with Gasteiger partial charge >= 0.3 is 0 Å². The van der Waals surface area contributed by atoms with E-state index >= 15 is 0 Å². The summed E-state index contributed by atoms with van der Waals surface area (Å²) < 4.78 is 28.3. The molecule has 3 rings (SSSR count). The predicted octanol–water partition coefficient (Wildman–Crippen LogP) is 1.77. The van der Waals surface area contributed by atoms with E-state index in [-0.39, 0.29) is 12.3 Å². The Morgan fingerprint density at radius 1 is 1.27 bits per heavy atom. The van der Waals surface area contributed by atoms with Gasteiger partial charge in [0.05, 0.1) is 12.3 Å². The highest BCUT2D eigenvalue weighted by atomic mass is 35.5. The summed E-state index contributed by atoms with van der Waals surface area (Å²) in [6.45, 7) is 1.91. The highest BCUT2D eigenvalue weighted by Crippen LogP contribution is 2.15. The number of hydrogen-bond acceptors (Lipinski definition) is 6. The standard InChI is InChI=1S/C12H12ClN5O2S2/c1-8-15-16-12-18(8)17-11(21-12)6-14-22(19,20)7-9-2-4-10(13)5-3-9/h2-5,14H,6-7H2,1H3. The molecule has 2 aromatic heterocycles. The largest absolute Gasteiger partial charge is 0.234 e. The molecule has 0 fully saturated rings. The van der Waals surface area contributed by atoms with Crippen molar-refractivity contribution in [2.45, 2.75) is 19.2 Å². The topological polar surface area (TPSA) is 89.2 Å². The third-order valence-corrected chi connectivity index (χ3v) is 5.35. The van der Waals surface area contributed by atoms with Crippen LogP contribution in [0.15, 0.2) is 24.3 Å². The molecule has 0 amide bonds. The van der Waals surface area contributed by atoms with E-state index in [4.69, 9.17) is 11.6 Å². The highest BCUT2D eigenvalue weighted by molar-refractivity contribution is 7.88. The monoisotopic (exact) mass is 357 g/mol. The quantitative estimate of drug-likeness (QED) is 0.751. The first kappa shape index (κ1) is 15.3. The number of halogens is 1. The Morgan fingerprint density at radius 2 is 2.00 bits per heavy atom. The van der Waals surface area contributed by atoms with E-state index in [1.807, 2.05) is 0 Å². The average Bonchev–Trinajstić information content (AvgIpc) is 3.02. The maximum absolute atomic E-state index is 12.1. The number of sulfonamides is 1. The van der Waals surface area contributed by atoms with Crippen molar-refractivity contribution in [3.05, 3.63) is 45.7 Å². The zero-order valence-electron chi connectivity index (χ0n) is 11.5. The van der Waals surface area contributed by atoms with E-state index in [2.05, 4.69) is 20.0 Å². The third-order valence-electron chi connectivity index (χ3n) is 2.90. The van der Waals surface area contributed by atoms with Gasteiger partial charge in [-0.05, 0) is 24.6 Å². The van der Waals surface area contributed by atoms with Gasteiger partial charge in [0.1, 0.15) is 5.01 Å². The van der Waals surface area contributed by atoms with E-state index < -0.39 is 10.0 Å². The summed E-state index contributed by atoms with van der Waals surface area (Å²) >= 11 is 7.08. The lowest BCUT2D eigenvalue weighted by atomic mass is 10.2. The molecule has 0 spiro atoms. The van der Waals surface area contributed by atoms with Crippen LogP contribution in [0.2, 0.25) is 5.02 Å². The molecule has 0 saturated heterocycles. The van der Waals surface area contributed by atoms with Gasteiger partial charge in [0.25, 0.3) is 0 Å². The molecule has 0 aliphatic rings. The van der Waals surface area contributed by atoms with Crippen molar-refractivity contribution in [3.63, 3.8) is 0 Å². The number of hydrogen-bond donors (Lipinski definition) is 1. The lowest BCUT2D eigenvalue weighted by Crippen LogP contribution is -2.24. The Balaban J connectivity index is 1.67. The lowest BCUT2D eigenvalue weighted by Gasteiger charge is -2.05. The molecule has 22 heavy (non-hydrogen) atoms. The van der Waals surface area contributed by atoms with Gasteiger partial charge in [0, 0.05) is 5.02 Å². The van der Waals surface area contributed by atoms with Gasteiger partial charge < -0.3 is 0 Å². The van der Waals surface area contributed by atoms with Gasteiger partial charge in [-0.3, -0.25) is 0 Å². The van der Waals surface area contributed by atoms with Crippen LogP contribution in [-0.2, 0) is 22.3 Å². The summed E-state index contributed by atoms with van der Waals surface area (Å²) in [5.74, 6) is 0.564. The Hall–Kier alpha value is -1.55. The van der Waals surface area contributed by atoms with Gasteiger partial charge in [-0.2, -0.15) is 9.61 Å². The second kappa shape index (κ2) is 5.92. The molecule has 7 nitrogen and oxygen atoms in total. The van der Waals surface area contributed by atoms with Crippen LogP contribution < -0.4 is 4.72 Å². The molecule has 3 aromatic rings. The van der Waals surface area contributed by atoms with Crippen LogP contribution in [0.3, 0.4) is 0 Å². The van der Waals surface area contributed by atoms with Crippen molar-refractivity contribution in [2.75, 3.05) is 0 Å². The van der Waals surface area contributed by atoms with E-state index in [1.54, 1.807) is 35.7 Å². The number of rotatable bonds is 5. The van der Waals surface area contributed by atoms with E-state index in [1.165, 1.54) is 11.3 Å². The molecule has 0 unspecified atom stereocenters. The predicted molar refractivity (Wildman–Crippen MR) is 84.3 cm³/mol. The van der Waals surface area contributed by atoms with Crippen LogP contribution in [0, 0.1) is 6.92 Å². The number of aromatic nitrogens is 4. The number of fused-ring (bicyclic) bond motifs is 1. The van der Waals surface area contributed by atoms with Crippen LogP contribution >= 0.6 is 22.9 Å². The van der Waals surface area contributed by atoms with Crippen molar-refractivity contribution in [1.82, 2.24) is 24.5 Å². The first-order valence-electron chi connectivity index (χ1n) is 6.32. The first-order chi connectivity index (χ1) is 10.4. The molecule has 116 valence electrons. The van der Waals surface area contributed by atoms with Crippen LogP contribution in [-0.4, -0.2) is 28.2 Å². The number of nitrogens with zero attached hydrogens (tertiary/aromatic N) is 4. The van der Waals surface area contributed by atoms with Gasteiger partial charge in [-0.1, -0.05) is 35.1 Å². The molecular formula is C12H12ClN5O2S2. The number of nitrogens with one attached hydrogen (secondary N) is 1. The molecule has 0 aliphatic heterocycles. The molecule has 0 atom stereocenters. The molecule has 0 aliphatic carbocycles. The number of aryl methyl sites for hydroxylation is 1. The molecule has 0 saturated carbocycles. The van der Waals surface area contributed by atoms with Crippen LogP contribution in [0.5, 0.6) is 0 Å². The highest BCUT2D eigenvalue weighted by Gasteiger charge is 2.14. The smallest absolute Gasteiger partial charge is 0.212 e. The molecule has 1 N–H and O–H groups in total. The molecule has 0 radical (unpaired) electrons. The maximum Gasteiger partial charge on any atom is 0.234 e. The van der Waals surface area contributed by atoms with E-state index in [0.717, 1.165) is 0 Å².